The van der Waals surface area contributed by atoms with Crippen LogP contribution in [0, 0.1) is 6.92 Å². The highest BCUT2D eigenvalue weighted by Crippen LogP contribution is 2.35. The van der Waals surface area contributed by atoms with E-state index in [1.165, 1.54) is 0 Å². The summed E-state index contributed by atoms with van der Waals surface area (Å²) in [4.78, 5) is 11.8. The Balaban J connectivity index is 2.96. The van der Waals surface area contributed by atoms with Crippen molar-refractivity contribution in [3.05, 3.63) is 34.5 Å². The molecule has 1 unspecified atom stereocenters. The smallest absolute Gasteiger partial charge is 0.337 e. The molecule has 1 heterocycles. The Morgan fingerprint density at radius 2 is 1.91 bits per heavy atom. The standard InChI is InChI=1S/C18H25NO3/c1-6-7-19-11(4)16(12(5)20)14-8-13(10(2)3)9-15(17(14)19)18(21)22/h8-10,12,20H,6-7H2,1-5H3,(H,21,22). The number of fused-ring (bicyclic) bond motifs is 1. The number of carboxylic acid groups (broad SMARTS) is 1. The first-order valence-corrected chi connectivity index (χ1v) is 7.87. The topological polar surface area (TPSA) is 62.5 Å². The van der Waals surface area contributed by atoms with Gasteiger partial charge in [0, 0.05) is 23.2 Å². The van der Waals surface area contributed by atoms with Gasteiger partial charge in [-0.25, -0.2) is 4.79 Å². The highest BCUT2D eigenvalue weighted by atomic mass is 16.4. The van der Waals surface area contributed by atoms with Crippen molar-refractivity contribution in [3.63, 3.8) is 0 Å². The summed E-state index contributed by atoms with van der Waals surface area (Å²) in [5.74, 6) is -0.682. The van der Waals surface area contributed by atoms with Crippen LogP contribution in [-0.4, -0.2) is 20.7 Å². The van der Waals surface area contributed by atoms with Gasteiger partial charge in [0.2, 0.25) is 0 Å². The molecule has 1 atom stereocenters. The van der Waals surface area contributed by atoms with Gasteiger partial charge in [0.15, 0.2) is 0 Å². The molecule has 4 nitrogen and oxygen atoms in total. The first-order chi connectivity index (χ1) is 10.3. The monoisotopic (exact) mass is 303 g/mol. The Morgan fingerprint density at radius 3 is 2.36 bits per heavy atom. The summed E-state index contributed by atoms with van der Waals surface area (Å²) in [6, 6.07) is 3.81. The van der Waals surface area contributed by atoms with Crippen LogP contribution >= 0.6 is 0 Å². The van der Waals surface area contributed by atoms with Crippen LogP contribution in [0.1, 0.15) is 73.3 Å². The van der Waals surface area contributed by atoms with E-state index in [2.05, 4.69) is 6.92 Å². The van der Waals surface area contributed by atoms with Crippen LogP contribution in [0.15, 0.2) is 12.1 Å². The summed E-state index contributed by atoms with van der Waals surface area (Å²) in [5, 5.41) is 20.7. The van der Waals surface area contributed by atoms with Gasteiger partial charge in [-0.15, -0.1) is 0 Å². The van der Waals surface area contributed by atoms with Crippen LogP contribution < -0.4 is 0 Å². The number of benzene rings is 1. The summed E-state index contributed by atoms with van der Waals surface area (Å²) in [6.45, 7) is 10.6. The number of hydrogen-bond donors (Lipinski definition) is 2. The van der Waals surface area contributed by atoms with Crippen LogP contribution in [0.5, 0.6) is 0 Å². The number of carbonyl (C=O) groups is 1. The van der Waals surface area contributed by atoms with Crippen molar-refractivity contribution in [1.82, 2.24) is 4.57 Å². The molecule has 0 bridgehead atoms. The number of aliphatic hydroxyl groups excluding tert-OH is 1. The Morgan fingerprint density at radius 1 is 1.27 bits per heavy atom. The van der Waals surface area contributed by atoms with Gasteiger partial charge in [-0.1, -0.05) is 20.8 Å². The zero-order valence-corrected chi connectivity index (χ0v) is 14.0. The lowest BCUT2D eigenvalue weighted by molar-refractivity contribution is 0.0698. The lowest BCUT2D eigenvalue weighted by Crippen LogP contribution is -2.06. The molecule has 22 heavy (non-hydrogen) atoms. The first-order valence-electron chi connectivity index (χ1n) is 7.87. The third-order valence-electron chi connectivity index (χ3n) is 4.25. The lowest BCUT2D eigenvalue weighted by atomic mass is 9.95. The lowest BCUT2D eigenvalue weighted by Gasteiger charge is -2.11. The molecule has 2 rings (SSSR count). The molecule has 0 fully saturated rings. The highest BCUT2D eigenvalue weighted by molar-refractivity contribution is 6.04. The van der Waals surface area contributed by atoms with E-state index in [4.69, 9.17) is 0 Å². The molecular weight excluding hydrogens is 278 g/mol. The first kappa shape index (κ1) is 16.6. The van der Waals surface area contributed by atoms with Crippen molar-refractivity contribution < 1.29 is 15.0 Å². The Hall–Kier alpha value is -1.81. The maximum Gasteiger partial charge on any atom is 0.337 e. The molecule has 0 amide bonds. The summed E-state index contributed by atoms with van der Waals surface area (Å²) in [5.41, 5.74) is 3.83. The molecule has 0 saturated heterocycles. The predicted molar refractivity (Wildman–Crippen MR) is 88.6 cm³/mol. The molecule has 0 radical (unpaired) electrons. The third kappa shape index (κ3) is 2.63. The highest BCUT2D eigenvalue weighted by Gasteiger charge is 2.23. The zero-order chi connectivity index (χ0) is 16.6. The van der Waals surface area contributed by atoms with Gasteiger partial charge < -0.3 is 14.8 Å². The van der Waals surface area contributed by atoms with E-state index in [1.807, 2.05) is 31.4 Å². The van der Waals surface area contributed by atoms with Crippen molar-refractivity contribution in [3.8, 4) is 0 Å². The number of nitrogens with zero attached hydrogens (tertiary/aromatic N) is 1. The van der Waals surface area contributed by atoms with Crippen LogP contribution in [0.4, 0.5) is 0 Å². The number of rotatable bonds is 5. The second-order valence-corrected chi connectivity index (χ2v) is 6.25. The van der Waals surface area contributed by atoms with Crippen molar-refractivity contribution in [1.29, 1.82) is 0 Å². The van der Waals surface area contributed by atoms with E-state index in [0.717, 1.165) is 40.7 Å². The molecule has 0 aliphatic carbocycles. The fourth-order valence-corrected chi connectivity index (χ4v) is 3.19. The van der Waals surface area contributed by atoms with E-state index in [1.54, 1.807) is 13.0 Å². The number of aryl methyl sites for hydroxylation is 1. The quantitative estimate of drug-likeness (QED) is 0.868. The summed E-state index contributed by atoms with van der Waals surface area (Å²) in [6.07, 6.45) is 0.291. The fourth-order valence-electron chi connectivity index (χ4n) is 3.19. The normalized spacial score (nSPS) is 13.0. The molecule has 0 spiro atoms. The van der Waals surface area contributed by atoms with Gasteiger partial charge in [-0.05, 0) is 43.9 Å². The number of carboxylic acids is 1. The minimum absolute atomic E-state index is 0.235. The molecule has 2 N–H and O–H groups in total. The van der Waals surface area contributed by atoms with Gasteiger partial charge in [0.1, 0.15) is 0 Å². The maximum absolute atomic E-state index is 11.8. The molecule has 0 saturated carbocycles. The van der Waals surface area contributed by atoms with E-state index in [-0.39, 0.29) is 5.92 Å². The van der Waals surface area contributed by atoms with Crippen molar-refractivity contribution >= 4 is 16.9 Å². The molecule has 1 aromatic carbocycles. The second-order valence-electron chi connectivity index (χ2n) is 6.25. The number of hydrogen-bond acceptors (Lipinski definition) is 2. The van der Waals surface area contributed by atoms with Crippen LogP contribution in [-0.2, 0) is 6.54 Å². The minimum Gasteiger partial charge on any atom is -0.478 e. The Bertz CT molecular complexity index is 711. The van der Waals surface area contributed by atoms with E-state index >= 15 is 0 Å². The summed E-state index contributed by atoms with van der Waals surface area (Å²) in [7, 11) is 0. The molecule has 0 aliphatic heterocycles. The molecule has 1 aromatic heterocycles. The van der Waals surface area contributed by atoms with Crippen LogP contribution in [0.3, 0.4) is 0 Å². The average molecular weight is 303 g/mol. The minimum atomic E-state index is -0.917. The largest absolute Gasteiger partial charge is 0.478 e. The zero-order valence-electron chi connectivity index (χ0n) is 14.0. The molecule has 120 valence electrons. The van der Waals surface area contributed by atoms with Gasteiger partial charge in [-0.2, -0.15) is 0 Å². The number of aromatic nitrogens is 1. The van der Waals surface area contributed by atoms with E-state index in [9.17, 15) is 15.0 Å². The van der Waals surface area contributed by atoms with Crippen LogP contribution in [0.2, 0.25) is 0 Å². The molecule has 2 aromatic rings. The third-order valence-corrected chi connectivity index (χ3v) is 4.25. The van der Waals surface area contributed by atoms with Gasteiger partial charge in [0.05, 0.1) is 17.2 Å². The number of aromatic carboxylic acids is 1. The fraction of sp³-hybridized carbons (Fsp3) is 0.500. The van der Waals surface area contributed by atoms with Gasteiger partial charge in [0.25, 0.3) is 0 Å². The van der Waals surface area contributed by atoms with E-state index in [0.29, 0.717) is 5.56 Å². The van der Waals surface area contributed by atoms with Crippen molar-refractivity contribution in [2.24, 2.45) is 0 Å². The average Bonchev–Trinajstić information content (AvgIpc) is 2.70. The molecule has 0 aliphatic rings. The predicted octanol–water partition coefficient (Wildman–Crippen LogP) is 4.23. The summed E-state index contributed by atoms with van der Waals surface area (Å²) < 4.78 is 2.03. The summed E-state index contributed by atoms with van der Waals surface area (Å²) >= 11 is 0. The van der Waals surface area contributed by atoms with E-state index < -0.39 is 12.1 Å². The molecule has 4 heteroatoms. The van der Waals surface area contributed by atoms with Crippen LogP contribution in [0.25, 0.3) is 10.9 Å². The van der Waals surface area contributed by atoms with Crippen molar-refractivity contribution in [2.45, 2.75) is 59.6 Å². The Labute approximate surface area is 131 Å². The molecular formula is C18H25NO3. The van der Waals surface area contributed by atoms with Gasteiger partial charge >= 0.3 is 5.97 Å². The maximum atomic E-state index is 11.8. The van der Waals surface area contributed by atoms with Gasteiger partial charge in [-0.3, -0.25) is 0 Å². The Kier molecular flexibility index (Phi) is 4.61. The number of aliphatic hydroxyl groups is 1. The van der Waals surface area contributed by atoms with Crippen molar-refractivity contribution in [2.75, 3.05) is 0 Å². The second kappa shape index (κ2) is 6.13. The SMILES string of the molecule is CCCn1c(C)c(C(C)O)c2cc(C(C)C)cc(C(=O)O)c21.